The number of Topliss-reactive ketones (excluding diaryl/α,β-unsaturated/α-hetero) is 2. The number of carbonyl (C=O) groups excluding carboxylic acids is 4. The minimum absolute atomic E-state index is 0.00688. The molecule has 0 aromatic heterocycles. The summed E-state index contributed by atoms with van der Waals surface area (Å²) in [5, 5.41) is 44.9. The summed E-state index contributed by atoms with van der Waals surface area (Å²) in [6, 6.07) is 2.08. The van der Waals surface area contributed by atoms with Gasteiger partial charge in [-0.25, -0.2) is 0 Å². The van der Waals surface area contributed by atoms with Gasteiger partial charge in [0.15, 0.2) is 11.4 Å². The van der Waals surface area contributed by atoms with Crippen molar-refractivity contribution in [2.45, 2.75) is 30.9 Å². The van der Waals surface area contributed by atoms with Crippen LogP contribution in [0.5, 0.6) is 5.75 Å². The number of nitrogens with two attached hydrogens (primary N) is 1. The first-order valence-corrected chi connectivity index (χ1v) is 13.8. The molecule has 3 aliphatic carbocycles. The zero-order chi connectivity index (χ0) is 30.8. The first kappa shape index (κ1) is 29.5. The molecule has 2 amide bonds. The Morgan fingerprint density at radius 2 is 1.81 bits per heavy atom. The molecule has 0 spiro atoms. The molecule has 0 saturated heterocycles. The van der Waals surface area contributed by atoms with Gasteiger partial charge >= 0.3 is 0 Å². The van der Waals surface area contributed by atoms with Gasteiger partial charge in [0, 0.05) is 24.6 Å². The Labute approximate surface area is 243 Å². The second-order valence-electron chi connectivity index (χ2n) is 12.0. The fraction of sp³-hybridized carbons (Fsp3) is 0.467. The van der Waals surface area contributed by atoms with Crippen molar-refractivity contribution >= 4 is 29.0 Å². The maximum Gasteiger partial charge on any atom is 0.255 e. The Kier molecular flexibility index (Phi) is 7.28. The summed E-state index contributed by atoms with van der Waals surface area (Å²) in [5.74, 6) is -6.79. The fourth-order valence-electron chi connectivity index (χ4n) is 7.06. The summed E-state index contributed by atoms with van der Waals surface area (Å²) in [4.78, 5) is 57.1. The van der Waals surface area contributed by atoms with E-state index in [0.717, 1.165) is 11.1 Å². The Morgan fingerprint density at radius 3 is 2.38 bits per heavy atom. The SMILES string of the molecule is CN(C)CC(=O)N1CC=C(c2ccc(O)c3c2C[C@H]2C[C@H]4[C@H](N(C)C)C(O)=C(C(N)=O)C(=O)[C@@]4(O)C(O)=C2C3=O)CC1. The molecule has 42 heavy (non-hydrogen) atoms. The van der Waals surface area contributed by atoms with E-state index >= 15 is 0 Å². The van der Waals surface area contributed by atoms with Crippen molar-refractivity contribution in [2.24, 2.45) is 17.6 Å². The van der Waals surface area contributed by atoms with E-state index in [-0.39, 0.29) is 35.6 Å². The van der Waals surface area contributed by atoms with E-state index in [1.807, 2.05) is 20.2 Å². The number of aliphatic hydroxyl groups is 3. The molecule has 1 heterocycles. The molecule has 6 N–H and O–H groups in total. The fourth-order valence-corrected chi connectivity index (χ4v) is 7.06. The number of likely N-dealkylation sites (N-methyl/N-ethyl adjacent to an activating group) is 2. The van der Waals surface area contributed by atoms with Crippen molar-refractivity contribution in [1.82, 2.24) is 14.7 Å². The number of primary amides is 1. The van der Waals surface area contributed by atoms with Crippen molar-refractivity contribution in [3.8, 4) is 5.75 Å². The number of nitrogens with zero attached hydrogens (tertiary/aromatic N) is 3. The number of amides is 2. The molecule has 1 aromatic rings. The molecule has 0 bridgehead atoms. The highest BCUT2D eigenvalue weighted by Crippen LogP contribution is 2.53. The number of allylic oxidation sites excluding steroid dienone is 1. The van der Waals surface area contributed by atoms with Gasteiger partial charge in [0.2, 0.25) is 11.7 Å². The highest BCUT2D eigenvalue weighted by Gasteiger charge is 2.63. The summed E-state index contributed by atoms with van der Waals surface area (Å²) >= 11 is 0. The number of benzene rings is 1. The van der Waals surface area contributed by atoms with Crippen LogP contribution in [0.1, 0.15) is 34.3 Å². The van der Waals surface area contributed by atoms with E-state index in [4.69, 9.17) is 5.73 Å². The van der Waals surface area contributed by atoms with Crippen molar-refractivity contribution in [3.63, 3.8) is 0 Å². The van der Waals surface area contributed by atoms with Crippen LogP contribution in [0.3, 0.4) is 0 Å². The number of hydrogen-bond acceptors (Lipinski definition) is 10. The number of aromatic hydroxyl groups is 1. The van der Waals surface area contributed by atoms with Gasteiger partial charge < -0.3 is 36.0 Å². The number of phenols is 1. The second-order valence-corrected chi connectivity index (χ2v) is 12.0. The molecule has 224 valence electrons. The number of rotatable bonds is 5. The minimum Gasteiger partial charge on any atom is -0.510 e. The molecule has 12 nitrogen and oxygen atoms in total. The van der Waals surface area contributed by atoms with Crippen LogP contribution in [0.4, 0.5) is 0 Å². The lowest BCUT2D eigenvalue weighted by Crippen LogP contribution is -2.63. The molecular weight excluding hydrogens is 544 g/mol. The van der Waals surface area contributed by atoms with Gasteiger partial charge in [0.1, 0.15) is 22.8 Å². The largest absolute Gasteiger partial charge is 0.510 e. The van der Waals surface area contributed by atoms with Crippen molar-refractivity contribution < 1.29 is 39.6 Å². The average molecular weight is 581 g/mol. The predicted octanol–water partition coefficient (Wildman–Crippen LogP) is 0.298. The Hall–Kier alpha value is -4.00. The smallest absolute Gasteiger partial charge is 0.255 e. The van der Waals surface area contributed by atoms with E-state index in [1.165, 1.54) is 11.0 Å². The number of phenolic OH excluding ortho intramolecular Hbond substituents is 1. The van der Waals surface area contributed by atoms with Gasteiger partial charge in [0.05, 0.1) is 18.2 Å². The minimum atomic E-state index is -2.67. The monoisotopic (exact) mass is 580 g/mol. The number of fused-ring (bicyclic) bond motifs is 3. The third kappa shape index (κ3) is 4.32. The third-order valence-electron chi connectivity index (χ3n) is 8.97. The number of hydrogen-bond donors (Lipinski definition) is 5. The lowest BCUT2D eigenvalue weighted by atomic mass is 9.58. The number of ketones is 2. The summed E-state index contributed by atoms with van der Waals surface area (Å²) < 4.78 is 0. The van der Waals surface area contributed by atoms with Gasteiger partial charge in [-0.1, -0.05) is 12.1 Å². The maximum absolute atomic E-state index is 13.9. The van der Waals surface area contributed by atoms with Crippen molar-refractivity contribution in [3.05, 3.63) is 57.6 Å². The predicted molar refractivity (Wildman–Crippen MR) is 151 cm³/mol. The molecule has 5 rings (SSSR count). The van der Waals surface area contributed by atoms with Crippen molar-refractivity contribution in [1.29, 1.82) is 0 Å². The molecular formula is C30H36N4O8. The van der Waals surface area contributed by atoms with Crippen LogP contribution in [0, 0.1) is 11.8 Å². The highest BCUT2D eigenvalue weighted by molar-refractivity contribution is 6.24. The molecule has 12 heteroatoms. The zero-order valence-corrected chi connectivity index (χ0v) is 24.0. The van der Waals surface area contributed by atoms with Gasteiger partial charge in [-0.3, -0.25) is 24.1 Å². The highest BCUT2D eigenvalue weighted by atomic mass is 16.3. The third-order valence-corrected chi connectivity index (χ3v) is 8.97. The maximum atomic E-state index is 13.9. The van der Waals surface area contributed by atoms with Gasteiger partial charge in [-0.2, -0.15) is 0 Å². The summed E-state index contributed by atoms with van der Waals surface area (Å²) in [6.45, 7) is 1.19. The zero-order valence-electron chi connectivity index (χ0n) is 24.0. The molecule has 0 radical (unpaired) electrons. The first-order chi connectivity index (χ1) is 19.7. The second kappa shape index (κ2) is 10.4. The van der Waals surface area contributed by atoms with E-state index in [2.05, 4.69) is 0 Å². The van der Waals surface area contributed by atoms with E-state index < -0.39 is 58.0 Å². The van der Waals surface area contributed by atoms with Crippen molar-refractivity contribution in [2.75, 3.05) is 47.8 Å². The van der Waals surface area contributed by atoms with Gasteiger partial charge in [-0.05, 0) is 76.1 Å². The Bertz CT molecular complexity index is 1510. The van der Waals surface area contributed by atoms with Crippen LogP contribution in [0.15, 0.2) is 40.9 Å². The average Bonchev–Trinajstić information content (AvgIpc) is 2.90. The molecule has 4 atom stereocenters. The quantitative estimate of drug-likeness (QED) is 0.303. The normalized spacial score (nSPS) is 27.6. The standard InChI is InChI=1S/C30H36N4O8/c1-32(2)13-20(36)34-9-7-14(8-10-34)16-5-6-19(35)22-17(16)11-15-12-18-24(33(3)4)26(38)23(29(31)41)28(40)30(18,42)27(39)21(15)25(22)37/h5-7,15,18,24,35,38-39,42H,8-13H2,1-4H3,(H2,31,41)/t15-,18-,24-,30-/m0/s1. The lowest BCUT2D eigenvalue weighted by molar-refractivity contribution is -0.148. The topological polar surface area (TPSA) is 185 Å². The van der Waals surface area contributed by atoms with Crippen LogP contribution in [-0.4, -0.2) is 118 Å². The molecule has 0 saturated carbocycles. The first-order valence-electron chi connectivity index (χ1n) is 13.8. The van der Waals surface area contributed by atoms with Crippen LogP contribution in [0.25, 0.3) is 5.57 Å². The Morgan fingerprint density at radius 1 is 1.12 bits per heavy atom. The molecule has 1 aliphatic heterocycles. The van der Waals surface area contributed by atoms with Crippen LogP contribution in [-0.2, 0) is 20.8 Å². The molecule has 1 aromatic carbocycles. The molecule has 4 aliphatic rings. The number of aliphatic hydroxyl groups excluding tert-OH is 2. The summed E-state index contributed by atoms with van der Waals surface area (Å²) in [7, 11) is 6.83. The van der Waals surface area contributed by atoms with E-state index in [0.29, 0.717) is 31.6 Å². The van der Waals surface area contributed by atoms with Crippen LogP contribution >= 0.6 is 0 Å². The molecule has 0 fully saturated rings. The number of carbonyl (C=O) groups is 4. The molecule has 0 unspecified atom stereocenters. The summed E-state index contributed by atoms with van der Waals surface area (Å²) in [6.07, 6.45) is 2.70. The lowest BCUT2D eigenvalue weighted by Gasteiger charge is -2.50. The summed E-state index contributed by atoms with van der Waals surface area (Å²) in [5.41, 5.74) is 3.89. The van der Waals surface area contributed by atoms with Gasteiger partial charge in [-0.15, -0.1) is 0 Å². The van der Waals surface area contributed by atoms with E-state index in [9.17, 15) is 39.6 Å². The Balaban J connectivity index is 1.59. The van der Waals surface area contributed by atoms with E-state index in [1.54, 1.807) is 30.0 Å². The van der Waals surface area contributed by atoms with Crippen LogP contribution < -0.4 is 5.73 Å². The van der Waals surface area contributed by atoms with Crippen LogP contribution in [0.2, 0.25) is 0 Å². The van der Waals surface area contributed by atoms with Gasteiger partial charge in [0.25, 0.3) is 5.91 Å².